The number of hydrogen-bond acceptors (Lipinski definition) is 0. The largest absolute Gasteiger partial charge is 0.214 e. The Kier molecular flexibility index (Phi) is 16.9. The number of rotatable bonds is 1. The Hall–Kier alpha value is -0.140. The summed E-state index contributed by atoms with van der Waals surface area (Å²) in [5.74, 6) is 1.43. The second kappa shape index (κ2) is 14.9. The minimum atomic E-state index is 0. The van der Waals surface area contributed by atoms with Crippen molar-refractivity contribution in [3.05, 3.63) is 60.7 Å². The van der Waals surface area contributed by atoms with Crippen LogP contribution in [0.15, 0.2) is 60.7 Å². The van der Waals surface area contributed by atoms with E-state index in [9.17, 15) is 0 Å². The van der Waals surface area contributed by atoms with Gasteiger partial charge < -0.3 is 0 Å². The van der Waals surface area contributed by atoms with Crippen LogP contribution in [0.5, 0.6) is 0 Å². The maximum absolute atomic E-state index is 5.34. The minimum absolute atomic E-state index is 0. The predicted molar refractivity (Wildman–Crippen MR) is 69.6 cm³/mol. The summed E-state index contributed by atoms with van der Waals surface area (Å²) < 4.78 is 0. The molecule has 0 nitrogen and oxygen atoms in total. The molecule has 0 fully saturated rings. The maximum atomic E-state index is 5.34. The van der Waals surface area contributed by atoms with Crippen molar-refractivity contribution in [3.63, 3.8) is 0 Å². The molecule has 2 aromatic rings. The van der Waals surface area contributed by atoms with Crippen molar-refractivity contribution in [2.75, 3.05) is 5.88 Å². The molecule has 0 unspecified atom stereocenters. The molecule has 0 bridgehead atoms. The fraction of sp³-hybridized carbons (Fsp3) is 0.286. The van der Waals surface area contributed by atoms with Gasteiger partial charge in [0.05, 0.1) is 0 Å². The Balaban J connectivity index is 0. The summed E-state index contributed by atoms with van der Waals surface area (Å²) in [6.45, 7) is 4.18. The van der Waals surface area contributed by atoms with Crippen molar-refractivity contribution in [2.24, 2.45) is 5.92 Å². The molecule has 0 aliphatic rings. The zero-order valence-corrected chi connectivity index (χ0v) is 14.3. The van der Waals surface area contributed by atoms with Crippen molar-refractivity contribution < 1.29 is 25.8 Å². The van der Waals surface area contributed by atoms with E-state index in [1.54, 1.807) is 0 Å². The monoisotopic (exact) mass is 402 g/mol. The predicted octanol–water partition coefficient (Wildman–Crippen LogP) is 4.69. The summed E-state index contributed by atoms with van der Waals surface area (Å²) in [4.78, 5) is 0. The van der Waals surface area contributed by atoms with Crippen molar-refractivity contribution >= 4 is 11.6 Å². The van der Waals surface area contributed by atoms with Gasteiger partial charge in [-0.15, -0.1) is 11.6 Å². The van der Waals surface area contributed by atoms with Crippen LogP contribution >= 0.6 is 11.6 Å². The smallest absolute Gasteiger partial charge is 0.0246 e. The first kappa shape index (κ1) is 18.2. The Morgan fingerprint density at radius 1 is 0.875 bits per heavy atom. The SMILES string of the molecule is CC(C)CCl.[Hf].c1cc[cH-]c1.c1cc[cH-]c1. The molecular weight excluding hydrogens is 382 g/mol. The molecule has 2 rings (SSSR count). The van der Waals surface area contributed by atoms with Crippen LogP contribution in [0.25, 0.3) is 0 Å². The topological polar surface area (TPSA) is 0 Å². The summed E-state index contributed by atoms with van der Waals surface area (Å²) in [5, 5.41) is 0. The summed E-state index contributed by atoms with van der Waals surface area (Å²) in [6.07, 6.45) is 0. The molecule has 0 heterocycles. The molecule has 2 heteroatoms. The number of hydrogen-bond donors (Lipinski definition) is 0. The van der Waals surface area contributed by atoms with Crippen molar-refractivity contribution in [1.82, 2.24) is 0 Å². The summed E-state index contributed by atoms with van der Waals surface area (Å²) >= 11 is 5.34. The average Bonchev–Trinajstić information content (AvgIpc) is 2.96. The zero-order valence-electron chi connectivity index (χ0n) is 9.94. The van der Waals surface area contributed by atoms with Gasteiger partial charge in [-0.3, -0.25) is 0 Å². The van der Waals surface area contributed by atoms with E-state index in [2.05, 4.69) is 13.8 Å². The first-order chi connectivity index (χ1) is 7.27. The van der Waals surface area contributed by atoms with Gasteiger partial charge in [0.25, 0.3) is 0 Å². The fourth-order valence-electron chi connectivity index (χ4n) is 0.642. The third-order valence-corrected chi connectivity index (χ3v) is 2.04. The van der Waals surface area contributed by atoms with Crippen molar-refractivity contribution in [1.29, 1.82) is 0 Å². The van der Waals surface area contributed by atoms with Gasteiger partial charge in [-0.1, -0.05) is 13.8 Å². The van der Waals surface area contributed by atoms with Gasteiger partial charge in [-0.2, -0.15) is 36.4 Å². The van der Waals surface area contributed by atoms with Crippen LogP contribution in [0.4, 0.5) is 0 Å². The molecule has 16 heavy (non-hydrogen) atoms. The van der Waals surface area contributed by atoms with Gasteiger partial charge in [0.15, 0.2) is 0 Å². The Morgan fingerprint density at radius 3 is 1.19 bits per heavy atom. The van der Waals surface area contributed by atoms with Gasteiger partial charge in [0.2, 0.25) is 0 Å². The molecule has 0 aliphatic carbocycles. The van der Waals surface area contributed by atoms with Gasteiger partial charge in [0, 0.05) is 31.7 Å². The molecule has 88 valence electrons. The molecule has 0 saturated carbocycles. The summed E-state index contributed by atoms with van der Waals surface area (Å²) in [5.41, 5.74) is 0. The standard InChI is InChI=1S/2C5H5.C4H9Cl.Hf/c2*1-2-4-5-3-1;1-4(2)3-5;/h2*1-5H;4H,3H2,1-2H3;/q2*-1;;. The van der Waals surface area contributed by atoms with E-state index in [-0.39, 0.29) is 25.8 Å². The van der Waals surface area contributed by atoms with Gasteiger partial charge >= 0.3 is 0 Å². The Bertz CT molecular complexity index is 198. The molecule has 0 aromatic heterocycles. The average molecular weight is 401 g/mol. The van der Waals surface area contributed by atoms with Crippen molar-refractivity contribution in [2.45, 2.75) is 13.8 Å². The van der Waals surface area contributed by atoms with E-state index in [0.717, 1.165) is 5.88 Å². The molecule has 0 spiro atoms. The van der Waals surface area contributed by atoms with E-state index in [4.69, 9.17) is 11.6 Å². The zero-order chi connectivity index (χ0) is 11.4. The van der Waals surface area contributed by atoms with Gasteiger partial charge in [-0.25, -0.2) is 24.3 Å². The second-order valence-electron chi connectivity index (χ2n) is 3.47. The molecule has 0 amide bonds. The van der Waals surface area contributed by atoms with Crippen LogP contribution in [-0.2, 0) is 25.8 Å². The normalized spacial score (nSPS) is 8.00. The third kappa shape index (κ3) is 16.3. The van der Waals surface area contributed by atoms with Crippen LogP contribution < -0.4 is 0 Å². The Labute approximate surface area is 123 Å². The Morgan fingerprint density at radius 2 is 1.12 bits per heavy atom. The number of halogens is 1. The minimum Gasteiger partial charge on any atom is -0.214 e. The van der Waals surface area contributed by atoms with E-state index in [0.29, 0.717) is 5.92 Å². The fourth-order valence-corrected chi connectivity index (χ4v) is 0.642. The van der Waals surface area contributed by atoms with E-state index in [1.807, 2.05) is 60.7 Å². The second-order valence-corrected chi connectivity index (χ2v) is 3.78. The summed E-state index contributed by atoms with van der Waals surface area (Å²) in [7, 11) is 0. The maximum Gasteiger partial charge on any atom is 0.0246 e. The van der Waals surface area contributed by atoms with Gasteiger partial charge in [0.1, 0.15) is 0 Å². The molecule has 2 aromatic carbocycles. The van der Waals surface area contributed by atoms with Crippen LogP contribution in [0.1, 0.15) is 13.8 Å². The molecule has 0 radical (unpaired) electrons. The van der Waals surface area contributed by atoms with Crippen LogP contribution in [-0.4, -0.2) is 5.88 Å². The van der Waals surface area contributed by atoms with Crippen LogP contribution in [0.2, 0.25) is 0 Å². The number of alkyl halides is 1. The summed E-state index contributed by atoms with van der Waals surface area (Å²) in [6, 6.07) is 20.0. The first-order valence-electron chi connectivity index (χ1n) is 5.16. The first-order valence-corrected chi connectivity index (χ1v) is 5.70. The molecular formula is C14H19ClHf-2. The quantitative estimate of drug-likeness (QED) is 0.370. The van der Waals surface area contributed by atoms with Crippen molar-refractivity contribution in [3.8, 4) is 0 Å². The molecule has 0 saturated heterocycles. The van der Waals surface area contributed by atoms with E-state index >= 15 is 0 Å². The molecule has 0 N–H and O–H groups in total. The molecule has 0 atom stereocenters. The molecule has 0 aliphatic heterocycles. The van der Waals surface area contributed by atoms with E-state index < -0.39 is 0 Å². The van der Waals surface area contributed by atoms with E-state index in [1.165, 1.54) is 0 Å². The van der Waals surface area contributed by atoms with Crippen LogP contribution in [0.3, 0.4) is 0 Å². The van der Waals surface area contributed by atoms with Gasteiger partial charge in [-0.05, 0) is 5.92 Å². The van der Waals surface area contributed by atoms with Crippen LogP contribution in [0, 0.1) is 5.92 Å². The third-order valence-electron chi connectivity index (χ3n) is 1.42.